The van der Waals surface area contributed by atoms with Crippen LogP contribution in [-0.4, -0.2) is 20.7 Å². The van der Waals surface area contributed by atoms with Gasteiger partial charge in [0.05, 0.1) is 18.4 Å². The van der Waals surface area contributed by atoms with E-state index in [4.69, 9.17) is 13.3 Å². The molecule has 1 fully saturated rings. The van der Waals surface area contributed by atoms with Gasteiger partial charge in [0.2, 0.25) is 0 Å². The molecule has 1 atom stereocenters. The summed E-state index contributed by atoms with van der Waals surface area (Å²) in [4.78, 5) is 23.3. The number of carbonyl (C=O) groups excluding carboxylic acids is 2. The van der Waals surface area contributed by atoms with Crippen molar-refractivity contribution in [2.45, 2.75) is 25.3 Å². The zero-order valence-corrected chi connectivity index (χ0v) is 18.5. The SMILES string of the molecule is O=C1CC(CCC[Si](Oc2ccccc2)(Oc2ccccc2)Oc2ccccc2)C(=O)O1. The van der Waals surface area contributed by atoms with E-state index in [0.717, 1.165) is 0 Å². The molecule has 164 valence electrons. The number of para-hydroxylation sites is 3. The molecule has 1 aliphatic heterocycles. The maximum absolute atomic E-state index is 11.9. The zero-order valence-electron chi connectivity index (χ0n) is 17.5. The van der Waals surface area contributed by atoms with E-state index < -0.39 is 26.7 Å². The minimum Gasteiger partial charge on any atom is -0.483 e. The molecular weight excluding hydrogens is 424 g/mol. The van der Waals surface area contributed by atoms with E-state index in [-0.39, 0.29) is 6.42 Å². The highest BCUT2D eigenvalue weighted by molar-refractivity contribution is 6.63. The van der Waals surface area contributed by atoms with Gasteiger partial charge in [0.1, 0.15) is 17.2 Å². The highest BCUT2D eigenvalue weighted by Gasteiger charge is 2.49. The van der Waals surface area contributed by atoms with Gasteiger partial charge in [-0.3, -0.25) is 9.59 Å². The highest BCUT2D eigenvalue weighted by Crippen LogP contribution is 2.30. The molecule has 32 heavy (non-hydrogen) atoms. The second kappa shape index (κ2) is 10.1. The number of esters is 2. The van der Waals surface area contributed by atoms with Crippen molar-refractivity contribution in [1.82, 2.24) is 0 Å². The molecule has 1 aliphatic rings. The van der Waals surface area contributed by atoms with Crippen LogP contribution in [0.5, 0.6) is 17.2 Å². The van der Waals surface area contributed by atoms with Crippen LogP contribution >= 0.6 is 0 Å². The highest BCUT2D eigenvalue weighted by atomic mass is 28.4. The molecule has 1 unspecified atom stereocenters. The van der Waals surface area contributed by atoms with Crippen LogP contribution in [0.2, 0.25) is 6.04 Å². The van der Waals surface area contributed by atoms with Crippen LogP contribution in [0.1, 0.15) is 19.3 Å². The lowest BCUT2D eigenvalue weighted by atomic mass is 10.0. The van der Waals surface area contributed by atoms with Crippen molar-refractivity contribution in [1.29, 1.82) is 0 Å². The van der Waals surface area contributed by atoms with Gasteiger partial charge in [-0.15, -0.1) is 0 Å². The number of rotatable bonds is 10. The number of hydrogen-bond acceptors (Lipinski definition) is 6. The Bertz CT molecular complexity index is 925. The minimum absolute atomic E-state index is 0.117. The first-order valence-electron chi connectivity index (χ1n) is 10.6. The Morgan fingerprint density at radius 2 is 1.16 bits per heavy atom. The van der Waals surface area contributed by atoms with Crippen LogP contribution in [0.25, 0.3) is 0 Å². The fourth-order valence-corrected chi connectivity index (χ4v) is 6.08. The Morgan fingerprint density at radius 3 is 1.53 bits per heavy atom. The van der Waals surface area contributed by atoms with E-state index in [2.05, 4.69) is 4.74 Å². The van der Waals surface area contributed by atoms with E-state index in [1.807, 2.05) is 91.0 Å². The van der Waals surface area contributed by atoms with Crippen molar-refractivity contribution < 1.29 is 27.6 Å². The van der Waals surface area contributed by atoms with Crippen molar-refractivity contribution in [3.8, 4) is 17.2 Å². The maximum atomic E-state index is 11.9. The molecule has 0 aromatic heterocycles. The summed E-state index contributed by atoms with van der Waals surface area (Å²) in [5.74, 6) is 0.563. The summed E-state index contributed by atoms with van der Waals surface area (Å²) in [7, 11) is -3.37. The van der Waals surface area contributed by atoms with Gasteiger partial charge in [-0.05, 0) is 49.2 Å². The number of carbonyl (C=O) groups is 2. The van der Waals surface area contributed by atoms with Gasteiger partial charge in [-0.2, -0.15) is 0 Å². The van der Waals surface area contributed by atoms with Crippen molar-refractivity contribution >= 4 is 20.7 Å². The summed E-state index contributed by atoms with van der Waals surface area (Å²) in [5, 5.41) is 0. The van der Waals surface area contributed by atoms with Gasteiger partial charge in [-0.1, -0.05) is 54.6 Å². The van der Waals surface area contributed by atoms with Crippen LogP contribution in [0, 0.1) is 5.92 Å². The van der Waals surface area contributed by atoms with Gasteiger partial charge >= 0.3 is 20.7 Å². The van der Waals surface area contributed by atoms with Crippen LogP contribution in [0.15, 0.2) is 91.0 Å². The standard InChI is InChI=1S/C25H24O6Si/c26-24-19-20(25(27)28-24)11-10-18-32(29-21-12-4-1-5-13-21,30-22-14-6-2-7-15-22)31-23-16-8-3-9-17-23/h1-9,12-17,20H,10-11,18-19H2. The molecule has 3 aromatic carbocycles. The molecule has 6 nitrogen and oxygen atoms in total. The first-order valence-corrected chi connectivity index (χ1v) is 12.5. The average molecular weight is 449 g/mol. The van der Waals surface area contributed by atoms with E-state index in [9.17, 15) is 9.59 Å². The topological polar surface area (TPSA) is 71.1 Å². The maximum Gasteiger partial charge on any atom is 0.699 e. The van der Waals surface area contributed by atoms with Gasteiger partial charge in [-0.25, -0.2) is 0 Å². The molecule has 0 amide bonds. The van der Waals surface area contributed by atoms with Crippen LogP contribution in [0.4, 0.5) is 0 Å². The fourth-order valence-electron chi connectivity index (χ4n) is 3.53. The summed E-state index contributed by atoms with van der Waals surface area (Å²) in [6.45, 7) is 0. The fraction of sp³-hybridized carbons (Fsp3) is 0.200. The van der Waals surface area contributed by atoms with Gasteiger partial charge in [0.15, 0.2) is 0 Å². The Kier molecular flexibility index (Phi) is 6.86. The number of benzene rings is 3. The first-order chi connectivity index (χ1) is 15.6. The predicted octanol–water partition coefficient (Wildman–Crippen LogP) is 5.03. The Morgan fingerprint density at radius 1 is 0.719 bits per heavy atom. The molecule has 0 N–H and O–H groups in total. The van der Waals surface area contributed by atoms with Crippen LogP contribution in [0.3, 0.4) is 0 Å². The van der Waals surface area contributed by atoms with Crippen LogP contribution in [-0.2, 0) is 14.3 Å². The smallest absolute Gasteiger partial charge is 0.483 e. The molecule has 0 radical (unpaired) electrons. The first kappa shape index (κ1) is 21.6. The lowest BCUT2D eigenvalue weighted by Crippen LogP contribution is -2.54. The van der Waals surface area contributed by atoms with Gasteiger partial charge in [0.25, 0.3) is 0 Å². The molecule has 0 bridgehead atoms. The second-order valence-electron chi connectivity index (χ2n) is 7.51. The lowest BCUT2D eigenvalue weighted by molar-refractivity contribution is -0.153. The van der Waals surface area contributed by atoms with Crippen molar-refractivity contribution in [3.63, 3.8) is 0 Å². The molecule has 0 saturated carbocycles. The third-order valence-electron chi connectivity index (χ3n) is 5.05. The summed E-state index contributed by atoms with van der Waals surface area (Å²) in [6.07, 6.45) is 1.19. The number of cyclic esters (lactones) is 2. The molecule has 0 aliphatic carbocycles. The molecule has 7 heteroatoms. The Balaban J connectivity index is 1.60. The predicted molar refractivity (Wildman–Crippen MR) is 120 cm³/mol. The average Bonchev–Trinajstić information content (AvgIpc) is 3.12. The van der Waals surface area contributed by atoms with Crippen LogP contribution < -0.4 is 13.3 Å². The molecule has 0 spiro atoms. The van der Waals surface area contributed by atoms with E-state index in [1.165, 1.54) is 0 Å². The van der Waals surface area contributed by atoms with Gasteiger partial charge < -0.3 is 18.0 Å². The third kappa shape index (κ3) is 5.76. The van der Waals surface area contributed by atoms with Gasteiger partial charge in [0, 0.05) is 0 Å². The molecule has 4 rings (SSSR count). The van der Waals surface area contributed by atoms with Crippen molar-refractivity contribution in [3.05, 3.63) is 91.0 Å². The summed E-state index contributed by atoms with van der Waals surface area (Å²) in [5.41, 5.74) is 0. The summed E-state index contributed by atoms with van der Waals surface area (Å²) >= 11 is 0. The summed E-state index contributed by atoms with van der Waals surface area (Å²) < 4.78 is 24.0. The van der Waals surface area contributed by atoms with Crippen molar-refractivity contribution in [2.24, 2.45) is 5.92 Å². The Hall–Kier alpha value is -3.58. The zero-order chi connectivity index (χ0) is 22.2. The molecule has 1 heterocycles. The normalized spacial score (nSPS) is 15.8. The van der Waals surface area contributed by atoms with E-state index in [1.54, 1.807) is 0 Å². The largest absolute Gasteiger partial charge is 0.699 e. The Labute approximate surface area is 188 Å². The molecule has 1 saturated heterocycles. The minimum atomic E-state index is -3.37. The second-order valence-corrected chi connectivity index (χ2v) is 9.99. The molecular formula is C25H24O6Si. The number of hydrogen-bond donors (Lipinski definition) is 0. The number of ether oxygens (including phenoxy) is 1. The van der Waals surface area contributed by atoms with E-state index >= 15 is 0 Å². The lowest BCUT2D eigenvalue weighted by Gasteiger charge is -2.30. The monoisotopic (exact) mass is 448 g/mol. The quantitative estimate of drug-likeness (QED) is 0.246. The van der Waals surface area contributed by atoms with E-state index in [0.29, 0.717) is 36.1 Å². The summed E-state index contributed by atoms with van der Waals surface area (Å²) in [6, 6.07) is 28.7. The third-order valence-corrected chi connectivity index (χ3v) is 7.65. The van der Waals surface area contributed by atoms with Crippen molar-refractivity contribution in [2.75, 3.05) is 0 Å². The molecule has 3 aromatic rings.